The molecule has 1 aromatic carbocycles. The molecule has 3 N–H and O–H groups in total. The number of benzene rings is 1. The third-order valence-electron chi connectivity index (χ3n) is 2.65. The average molecular weight is 235 g/mol. The highest BCUT2D eigenvalue weighted by atomic mass is 19.1. The standard InChI is InChI=1S/C12H14FN3O/c1-3-7-4-11(16-14)8-5-12(17-2)9(13)6-10(8)15-7/h4-6H,3,14H2,1-2H3,(H,15,16). The summed E-state index contributed by atoms with van der Waals surface area (Å²) in [4.78, 5) is 4.35. The molecule has 2 rings (SSSR count). The van der Waals surface area contributed by atoms with Crippen LogP contribution in [0.25, 0.3) is 10.9 Å². The molecular weight excluding hydrogens is 221 g/mol. The van der Waals surface area contributed by atoms with Gasteiger partial charge in [-0.05, 0) is 18.6 Å². The van der Waals surface area contributed by atoms with Crippen LogP contribution >= 0.6 is 0 Å². The summed E-state index contributed by atoms with van der Waals surface area (Å²) in [6.07, 6.45) is 0.762. The number of halogens is 1. The molecule has 0 spiro atoms. The van der Waals surface area contributed by atoms with E-state index >= 15 is 0 Å². The second-order valence-electron chi connectivity index (χ2n) is 3.66. The quantitative estimate of drug-likeness (QED) is 0.632. The van der Waals surface area contributed by atoms with Crippen molar-refractivity contribution in [3.8, 4) is 5.75 Å². The smallest absolute Gasteiger partial charge is 0.167 e. The Hall–Kier alpha value is -1.88. The molecule has 1 aromatic heterocycles. The number of methoxy groups -OCH3 is 1. The van der Waals surface area contributed by atoms with Crippen molar-refractivity contribution in [2.24, 2.45) is 5.84 Å². The van der Waals surface area contributed by atoms with Crippen molar-refractivity contribution in [3.63, 3.8) is 0 Å². The van der Waals surface area contributed by atoms with Crippen LogP contribution in [0.2, 0.25) is 0 Å². The average Bonchev–Trinajstić information content (AvgIpc) is 2.36. The highest BCUT2D eigenvalue weighted by Gasteiger charge is 2.10. The number of nitrogen functional groups attached to an aromatic ring is 1. The summed E-state index contributed by atoms with van der Waals surface area (Å²) < 4.78 is 18.5. The number of anilines is 1. The molecule has 4 nitrogen and oxygen atoms in total. The zero-order valence-electron chi connectivity index (χ0n) is 9.75. The first-order valence-electron chi connectivity index (χ1n) is 5.33. The number of nitrogens with zero attached hydrogens (tertiary/aromatic N) is 1. The summed E-state index contributed by atoms with van der Waals surface area (Å²) >= 11 is 0. The molecule has 1 heterocycles. The van der Waals surface area contributed by atoms with Crippen molar-refractivity contribution >= 4 is 16.6 Å². The summed E-state index contributed by atoms with van der Waals surface area (Å²) in [7, 11) is 1.42. The van der Waals surface area contributed by atoms with Crippen LogP contribution in [0.1, 0.15) is 12.6 Å². The van der Waals surface area contributed by atoms with Gasteiger partial charge in [0, 0.05) is 17.1 Å². The van der Waals surface area contributed by atoms with E-state index in [1.807, 2.05) is 13.0 Å². The molecule has 0 aliphatic heterocycles. The molecule has 0 radical (unpaired) electrons. The lowest BCUT2D eigenvalue weighted by Gasteiger charge is -2.10. The molecule has 0 atom stereocenters. The van der Waals surface area contributed by atoms with Gasteiger partial charge < -0.3 is 10.2 Å². The molecule has 0 unspecified atom stereocenters. The number of pyridine rings is 1. The van der Waals surface area contributed by atoms with Crippen LogP contribution in [0.15, 0.2) is 18.2 Å². The number of hydrazine groups is 1. The molecule has 0 fully saturated rings. The van der Waals surface area contributed by atoms with Crippen LogP contribution < -0.4 is 16.0 Å². The molecule has 0 amide bonds. The van der Waals surface area contributed by atoms with Crippen LogP contribution in [-0.4, -0.2) is 12.1 Å². The lowest BCUT2D eigenvalue weighted by molar-refractivity contribution is 0.387. The Balaban J connectivity index is 2.75. The van der Waals surface area contributed by atoms with Gasteiger partial charge in [0.05, 0.1) is 18.3 Å². The number of nitrogens with two attached hydrogens (primary N) is 1. The Kier molecular flexibility index (Phi) is 3.10. The molecule has 0 saturated carbocycles. The van der Waals surface area contributed by atoms with Crippen molar-refractivity contribution in [2.45, 2.75) is 13.3 Å². The Labute approximate surface area is 98.6 Å². The van der Waals surface area contributed by atoms with Crippen molar-refractivity contribution in [3.05, 3.63) is 29.7 Å². The first kappa shape index (κ1) is 11.6. The molecule has 0 aliphatic carbocycles. The van der Waals surface area contributed by atoms with E-state index in [1.54, 1.807) is 6.07 Å². The molecule has 17 heavy (non-hydrogen) atoms. The first-order chi connectivity index (χ1) is 8.19. The fourth-order valence-corrected chi connectivity index (χ4v) is 1.74. The lowest BCUT2D eigenvalue weighted by atomic mass is 10.1. The Morgan fingerprint density at radius 2 is 2.18 bits per heavy atom. The zero-order valence-corrected chi connectivity index (χ0v) is 9.75. The topological polar surface area (TPSA) is 60.2 Å². The van der Waals surface area contributed by atoms with Crippen LogP contribution in [0.4, 0.5) is 10.1 Å². The monoisotopic (exact) mass is 235 g/mol. The predicted molar refractivity (Wildman–Crippen MR) is 65.4 cm³/mol. The van der Waals surface area contributed by atoms with Crippen molar-refractivity contribution < 1.29 is 9.13 Å². The minimum absolute atomic E-state index is 0.181. The molecule has 5 heteroatoms. The number of nitrogens with one attached hydrogen (secondary N) is 1. The number of aryl methyl sites for hydroxylation is 1. The van der Waals surface area contributed by atoms with Crippen molar-refractivity contribution in [2.75, 3.05) is 12.5 Å². The van der Waals surface area contributed by atoms with Gasteiger partial charge in [-0.15, -0.1) is 0 Å². The second-order valence-corrected chi connectivity index (χ2v) is 3.66. The van der Waals surface area contributed by atoms with Crippen LogP contribution in [0.3, 0.4) is 0 Å². The summed E-state index contributed by atoms with van der Waals surface area (Å²) in [5.74, 6) is 5.21. The Morgan fingerprint density at radius 1 is 1.41 bits per heavy atom. The number of hydrogen-bond donors (Lipinski definition) is 2. The largest absolute Gasteiger partial charge is 0.494 e. The van der Waals surface area contributed by atoms with Crippen LogP contribution in [0.5, 0.6) is 5.75 Å². The maximum atomic E-state index is 13.6. The highest BCUT2D eigenvalue weighted by molar-refractivity contribution is 5.92. The van der Waals surface area contributed by atoms with Gasteiger partial charge in [0.25, 0.3) is 0 Å². The summed E-state index contributed by atoms with van der Waals surface area (Å²) in [5, 5.41) is 0.739. The summed E-state index contributed by atoms with van der Waals surface area (Å²) in [5.41, 5.74) is 4.73. The van der Waals surface area contributed by atoms with E-state index in [1.165, 1.54) is 13.2 Å². The van der Waals surface area contributed by atoms with E-state index in [0.29, 0.717) is 11.2 Å². The molecular formula is C12H14FN3O. The summed E-state index contributed by atoms with van der Waals surface area (Å²) in [6, 6.07) is 4.79. The highest BCUT2D eigenvalue weighted by Crippen LogP contribution is 2.29. The molecule has 0 aliphatic rings. The fraction of sp³-hybridized carbons (Fsp3) is 0.250. The zero-order chi connectivity index (χ0) is 12.4. The Morgan fingerprint density at radius 3 is 2.76 bits per heavy atom. The molecule has 90 valence electrons. The molecule has 2 aromatic rings. The maximum absolute atomic E-state index is 13.6. The van der Waals surface area contributed by atoms with E-state index in [2.05, 4.69) is 10.4 Å². The number of aromatic nitrogens is 1. The van der Waals surface area contributed by atoms with Gasteiger partial charge in [-0.3, -0.25) is 10.8 Å². The first-order valence-corrected chi connectivity index (χ1v) is 5.33. The van der Waals surface area contributed by atoms with Gasteiger partial charge in [-0.25, -0.2) is 4.39 Å². The second kappa shape index (κ2) is 4.55. The van der Waals surface area contributed by atoms with E-state index in [4.69, 9.17) is 10.6 Å². The van der Waals surface area contributed by atoms with E-state index in [9.17, 15) is 4.39 Å². The van der Waals surface area contributed by atoms with Crippen molar-refractivity contribution in [1.29, 1.82) is 0 Å². The van der Waals surface area contributed by atoms with Gasteiger partial charge in [-0.1, -0.05) is 6.92 Å². The molecule has 0 saturated heterocycles. The number of fused-ring (bicyclic) bond motifs is 1. The van der Waals surface area contributed by atoms with Gasteiger partial charge >= 0.3 is 0 Å². The maximum Gasteiger partial charge on any atom is 0.167 e. The third kappa shape index (κ3) is 2.01. The van der Waals surface area contributed by atoms with Crippen LogP contribution in [0, 0.1) is 5.82 Å². The van der Waals surface area contributed by atoms with Gasteiger partial charge in [0.2, 0.25) is 0 Å². The van der Waals surface area contributed by atoms with Gasteiger partial charge in [0.1, 0.15) is 0 Å². The van der Waals surface area contributed by atoms with Gasteiger partial charge in [-0.2, -0.15) is 0 Å². The van der Waals surface area contributed by atoms with Crippen molar-refractivity contribution in [1.82, 2.24) is 4.98 Å². The minimum Gasteiger partial charge on any atom is -0.494 e. The SMILES string of the molecule is CCc1cc(NN)c2cc(OC)c(F)cc2n1. The van der Waals surface area contributed by atoms with E-state index in [-0.39, 0.29) is 5.75 Å². The van der Waals surface area contributed by atoms with E-state index in [0.717, 1.165) is 17.5 Å². The third-order valence-corrected chi connectivity index (χ3v) is 2.65. The normalized spacial score (nSPS) is 10.6. The fourth-order valence-electron chi connectivity index (χ4n) is 1.74. The van der Waals surface area contributed by atoms with Crippen LogP contribution in [-0.2, 0) is 6.42 Å². The summed E-state index contributed by atoms with van der Waals surface area (Å²) in [6.45, 7) is 1.98. The number of hydrogen-bond acceptors (Lipinski definition) is 4. The van der Waals surface area contributed by atoms with Gasteiger partial charge in [0.15, 0.2) is 11.6 Å². The minimum atomic E-state index is -0.427. The molecule has 0 bridgehead atoms. The van der Waals surface area contributed by atoms with E-state index < -0.39 is 5.82 Å². The predicted octanol–water partition coefficient (Wildman–Crippen LogP) is 2.23. The number of ether oxygens (including phenoxy) is 1. The lowest BCUT2D eigenvalue weighted by Crippen LogP contribution is -2.08. The number of rotatable bonds is 3. The Bertz CT molecular complexity index is 557.